The number of likely N-dealkylation sites (tertiary alicyclic amines) is 1. The number of aromatic amines is 1. The Bertz CT molecular complexity index is 471. The highest BCUT2D eigenvalue weighted by Gasteiger charge is 2.22. The van der Waals surface area contributed by atoms with Crippen LogP contribution in [0.15, 0.2) is 17.1 Å². The predicted molar refractivity (Wildman–Crippen MR) is 74.8 cm³/mol. The lowest BCUT2D eigenvalue weighted by Gasteiger charge is -2.30. The summed E-state index contributed by atoms with van der Waals surface area (Å²) in [6.45, 7) is 3.45. The number of hydrogen-bond donors (Lipinski definition) is 3. The number of aliphatic imine (C=N–C) groups is 1. The van der Waals surface area contributed by atoms with Gasteiger partial charge in [-0.1, -0.05) is 0 Å². The summed E-state index contributed by atoms with van der Waals surface area (Å²) in [5.41, 5.74) is 13.1. The number of piperidine rings is 1. The minimum atomic E-state index is 0.157. The van der Waals surface area contributed by atoms with Gasteiger partial charge in [-0.3, -0.25) is 9.79 Å². The minimum absolute atomic E-state index is 0.157. The Balaban J connectivity index is 2.01. The SMILES string of the molecule is CC(=O)N1CCC(c2ccc(C(N)=NCN)[nH]2)CC1. The zero-order valence-corrected chi connectivity index (χ0v) is 11.2. The molecule has 0 aromatic carbocycles. The van der Waals surface area contributed by atoms with Gasteiger partial charge in [0.1, 0.15) is 5.84 Å². The molecule has 104 valence electrons. The number of nitrogens with one attached hydrogen (secondary N) is 1. The van der Waals surface area contributed by atoms with Crippen molar-refractivity contribution in [2.75, 3.05) is 19.8 Å². The quantitative estimate of drug-likeness (QED) is 0.542. The van der Waals surface area contributed by atoms with Gasteiger partial charge in [-0.2, -0.15) is 0 Å². The van der Waals surface area contributed by atoms with Crippen LogP contribution in [0.4, 0.5) is 0 Å². The molecule has 1 amide bonds. The van der Waals surface area contributed by atoms with Crippen LogP contribution in [0.5, 0.6) is 0 Å². The summed E-state index contributed by atoms with van der Waals surface area (Å²) in [7, 11) is 0. The maximum Gasteiger partial charge on any atom is 0.219 e. The molecular formula is C13H21N5O. The topological polar surface area (TPSA) is 100 Å². The fraction of sp³-hybridized carbons (Fsp3) is 0.538. The first kappa shape index (κ1) is 13.6. The van der Waals surface area contributed by atoms with Gasteiger partial charge in [0.05, 0.1) is 12.4 Å². The van der Waals surface area contributed by atoms with Gasteiger partial charge in [0.15, 0.2) is 0 Å². The lowest BCUT2D eigenvalue weighted by molar-refractivity contribution is -0.129. The number of hydrogen-bond acceptors (Lipinski definition) is 3. The second-order valence-corrected chi connectivity index (χ2v) is 4.83. The van der Waals surface area contributed by atoms with Gasteiger partial charge in [-0.05, 0) is 25.0 Å². The molecule has 1 aliphatic rings. The van der Waals surface area contributed by atoms with E-state index in [-0.39, 0.29) is 12.6 Å². The van der Waals surface area contributed by atoms with E-state index >= 15 is 0 Å². The summed E-state index contributed by atoms with van der Waals surface area (Å²) in [5, 5.41) is 0. The molecule has 1 saturated heterocycles. The second-order valence-electron chi connectivity index (χ2n) is 4.83. The Morgan fingerprint density at radius 1 is 1.47 bits per heavy atom. The molecule has 2 heterocycles. The van der Waals surface area contributed by atoms with Crippen LogP contribution >= 0.6 is 0 Å². The molecule has 2 rings (SSSR count). The molecule has 0 unspecified atom stereocenters. The maximum absolute atomic E-state index is 11.3. The van der Waals surface area contributed by atoms with Crippen molar-refractivity contribution < 1.29 is 4.79 Å². The van der Waals surface area contributed by atoms with E-state index in [9.17, 15) is 4.79 Å². The number of amides is 1. The van der Waals surface area contributed by atoms with Crippen molar-refractivity contribution in [2.24, 2.45) is 16.5 Å². The van der Waals surface area contributed by atoms with E-state index in [4.69, 9.17) is 11.5 Å². The lowest BCUT2D eigenvalue weighted by Crippen LogP contribution is -2.36. The van der Waals surface area contributed by atoms with E-state index in [0.717, 1.165) is 37.3 Å². The van der Waals surface area contributed by atoms with E-state index in [1.807, 2.05) is 17.0 Å². The van der Waals surface area contributed by atoms with Crippen molar-refractivity contribution in [1.29, 1.82) is 0 Å². The molecule has 0 atom stereocenters. The van der Waals surface area contributed by atoms with E-state index in [2.05, 4.69) is 9.98 Å². The molecule has 1 aromatic rings. The van der Waals surface area contributed by atoms with Crippen LogP contribution in [0.25, 0.3) is 0 Å². The third-order valence-electron chi connectivity index (χ3n) is 3.63. The standard InChI is InChI=1S/C13H21N5O/c1-9(19)18-6-4-10(5-7-18)11-2-3-12(17-11)13(15)16-8-14/h2-3,10,17H,4-8,14H2,1H3,(H2,15,16). The Kier molecular flexibility index (Phi) is 4.21. The van der Waals surface area contributed by atoms with Gasteiger partial charge in [0.2, 0.25) is 5.91 Å². The van der Waals surface area contributed by atoms with Gasteiger partial charge in [-0.25, -0.2) is 0 Å². The number of nitrogens with two attached hydrogens (primary N) is 2. The Morgan fingerprint density at radius 3 is 2.74 bits per heavy atom. The van der Waals surface area contributed by atoms with Crippen LogP contribution in [-0.2, 0) is 4.79 Å². The molecule has 0 saturated carbocycles. The number of rotatable bonds is 3. The second kappa shape index (κ2) is 5.88. The average molecular weight is 263 g/mol. The minimum Gasteiger partial charge on any atom is -0.382 e. The number of carbonyl (C=O) groups is 1. The average Bonchev–Trinajstić information content (AvgIpc) is 2.89. The van der Waals surface area contributed by atoms with Crippen LogP contribution < -0.4 is 11.5 Å². The first-order valence-electron chi connectivity index (χ1n) is 6.56. The number of amidine groups is 1. The normalized spacial score (nSPS) is 17.8. The molecular weight excluding hydrogens is 242 g/mol. The van der Waals surface area contributed by atoms with Gasteiger partial charge >= 0.3 is 0 Å². The van der Waals surface area contributed by atoms with Crippen molar-refractivity contribution in [3.8, 4) is 0 Å². The molecule has 0 spiro atoms. The number of aromatic nitrogens is 1. The molecule has 1 aromatic heterocycles. The van der Waals surface area contributed by atoms with Gasteiger partial charge < -0.3 is 21.4 Å². The zero-order chi connectivity index (χ0) is 13.8. The summed E-state index contributed by atoms with van der Waals surface area (Å²) in [4.78, 5) is 20.4. The number of carbonyl (C=O) groups excluding carboxylic acids is 1. The van der Waals surface area contributed by atoms with Crippen LogP contribution in [0.2, 0.25) is 0 Å². The lowest BCUT2D eigenvalue weighted by atomic mass is 9.94. The van der Waals surface area contributed by atoms with Crippen LogP contribution in [0.1, 0.15) is 37.1 Å². The van der Waals surface area contributed by atoms with Gasteiger partial charge in [0, 0.05) is 31.6 Å². The predicted octanol–water partition coefficient (Wildman–Crippen LogP) is 0.362. The summed E-state index contributed by atoms with van der Waals surface area (Å²) >= 11 is 0. The van der Waals surface area contributed by atoms with E-state index < -0.39 is 0 Å². The molecule has 6 heteroatoms. The van der Waals surface area contributed by atoms with Crippen LogP contribution in [0.3, 0.4) is 0 Å². The smallest absolute Gasteiger partial charge is 0.219 e. The Hall–Kier alpha value is -1.82. The van der Waals surface area contributed by atoms with E-state index in [0.29, 0.717) is 11.8 Å². The highest BCUT2D eigenvalue weighted by molar-refractivity contribution is 5.95. The number of H-pyrrole nitrogens is 1. The Morgan fingerprint density at radius 2 is 2.16 bits per heavy atom. The molecule has 6 nitrogen and oxygen atoms in total. The zero-order valence-electron chi connectivity index (χ0n) is 11.2. The maximum atomic E-state index is 11.3. The first-order valence-corrected chi connectivity index (χ1v) is 6.56. The highest BCUT2D eigenvalue weighted by atomic mass is 16.2. The highest BCUT2D eigenvalue weighted by Crippen LogP contribution is 2.27. The fourth-order valence-corrected chi connectivity index (χ4v) is 2.49. The van der Waals surface area contributed by atoms with Crippen molar-refractivity contribution in [1.82, 2.24) is 9.88 Å². The van der Waals surface area contributed by atoms with E-state index in [1.165, 1.54) is 0 Å². The molecule has 5 N–H and O–H groups in total. The molecule has 1 aliphatic heterocycles. The van der Waals surface area contributed by atoms with Crippen LogP contribution in [0, 0.1) is 0 Å². The summed E-state index contributed by atoms with van der Waals surface area (Å²) in [6.07, 6.45) is 1.96. The molecule has 0 aliphatic carbocycles. The van der Waals surface area contributed by atoms with Gasteiger partial charge in [0.25, 0.3) is 0 Å². The number of nitrogens with zero attached hydrogens (tertiary/aromatic N) is 2. The molecule has 1 fully saturated rings. The van der Waals surface area contributed by atoms with Gasteiger partial charge in [-0.15, -0.1) is 0 Å². The molecule has 0 bridgehead atoms. The third kappa shape index (κ3) is 3.14. The third-order valence-corrected chi connectivity index (χ3v) is 3.63. The molecule has 0 radical (unpaired) electrons. The van der Waals surface area contributed by atoms with Crippen molar-refractivity contribution in [3.05, 3.63) is 23.5 Å². The van der Waals surface area contributed by atoms with Crippen molar-refractivity contribution in [2.45, 2.75) is 25.7 Å². The monoisotopic (exact) mass is 263 g/mol. The van der Waals surface area contributed by atoms with Crippen molar-refractivity contribution in [3.63, 3.8) is 0 Å². The van der Waals surface area contributed by atoms with Crippen molar-refractivity contribution >= 4 is 11.7 Å². The van der Waals surface area contributed by atoms with E-state index in [1.54, 1.807) is 6.92 Å². The first-order chi connectivity index (χ1) is 9.11. The largest absolute Gasteiger partial charge is 0.382 e. The van der Waals surface area contributed by atoms with Crippen LogP contribution in [-0.4, -0.2) is 41.4 Å². The summed E-state index contributed by atoms with van der Waals surface area (Å²) < 4.78 is 0. The Labute approximate surface area is 112 Å². The fourth-order valence-electron chi connectivity index (χ4n) is 2.49. The summed E-state index contributed by atoms with van der Waals surface area (Å²) in [5.74, 6) is 1.05. The molecule has 19 heavy (non-hydrogen) atoms. The summed E-state index contributed by atoms with van der Waals surface area (Å²) in [6, 6.07) is 3.98.